The van der Waals surface area contributed by atoms with Crippen LogP contribution in [0, 0.1) is 5.82 Å². The molecule has 2 aromatic carbocycles. The smallest absolute Gasteiger partial charge is 0.319 e. The van der Waals surface area contributed by atoms with Gasteiger partial charge in [0, 0.05) is 16.5 Å². The molecular weight excluding hydrogens is 409 g/mol. The highest BCUT2D eigenvalue weighted by Crippen LogP contribution is 2.36. The van der Waals surface area contributed by atoms with E-state index in [2.05, 4.69) is 15.6 Å². The highest BCUT2D eigenvalue weighted by atomic mass is 19.1. The molecule has 4 rings (SSSR count). The van der Waals surface area contributed by atoms with Crippen LogP contribution >= 0.6 is 0 Å². The van der Waals surface area contributed by atoms with Crippen molar-refractivity contribution >= 4 is 28.6 Å². The number of hydrogen-bond donors (Lipinski definition) is 3. The van der Waals surface area contributed by atoms with Crippen LogP contribution < -0.4 is 10.6 Å². The predicted octanol–water partition coefficient (Wildman–Crippen LogP) is 5.75. The third-order valence-corrected chi connectivity index (χ3v) is 6.05. The summed E-state index contributed by atoms with van der Waals surface area (Å²) in [4.78, 5) is 28.7. The van der Waals surface area contributed by atoms with Gasteiger partial charge in [-0.05, 0) is 50.1 Å². The van der Waals surface area contributed by atoms with E-state index in [1.165, 1.54) is 12.1 Å². The number of hydrogen-bond acceptors (Lipinski definition) is 3. The fraction of sp³-hybridized carbons (Fsp3) is 0.360. The Balaban J connectivity index is 1.62. The van der Waals surface area contributed by atoms with Gasteiger partial charge in [-0.1, -0.05) is 37.5 Å². The van der Waals surface area contributed by atoms with E-state index in [4.69, 9.17) is 4.74 Å². The number of para-hydroxylation sites is 1. The summed E-state index contributed by atoms with van der Waals surface area (Å²) in [5.74, 6) is -0.621. The molecule has 0 saturated heterocycles. The van der Waals surface area contributed by atoms with Crippen LogP contribution in [0.3, 0.4) is 0 Å². The molecule has 1 aliphatic rings. The first-order chi connectivity index (χ1) is 15.5. The van der Waals surface area contributed by atoms with Gasteiger partial charge in [0.15, 0.2) is 0 Å². The molecule has 0 spiro atoms. The number of nitrogens with one attached hydrogen (secondary N) is 3. The molecule has 1 saturated carbocycles. The molecule has 3 N–H and O–H groups in total. The first kappa shape index (κ1) is 21.9. The molecule has 0 bridgehead atoms. The first-order valence-electron chi connectivity index (χ1n) is 11.1. The number of esters is 1. The molecule has 168 valence electrons. The topological polar surface area (TPSA) is 83.2 Å². The third kappa shape index (κ3) is 4.77. The summed E-state index contributed by atoms with van der Waals surface area (Å²) in [7, 11) is 0. The van der Waals surface area contributed by atoms with E-state index in [0.717, 1.165) is 48.6 Å². The van der Waals surface area contributed by atoms with Crippen molar-refractivity contribution in [1.82, 2.24) is 10.3 Å². The van der Waals surface area contributed by atoms with E-state index in [1.54, 1.807) is 19.1 Å². The summed E-state index contributed by atoms with van der Waals surface area (Å²) < 4.78 is 18.6. The Hall–Kier alpha value is -3.35. The van der Waals surface area contributed by atoms with Crippen LogP contribution in [0.5, 0.6) is 0 Å². The number of ether oxygens (including phenoxy) is 1. The van der Waals surface area contributed by atoms with Gasteiger partial charge < -0.3 is 20.4 Å². The quantitative estimate of drug-likeness (QED) is 0.429. The third-order valence-electron chi connectivity index (χ3n) is 6.05. The lowest BCUT2D eigenvalue weighted by molar-refractivity contribution is -0.145. The maximum absolute atomic E-state index is 13.5. The molecule has 2 amide bonds. The molecule has 1 aliphatic carbocycles. The number of carbonyl (C=O) groups excluding carboxylic acids is 2. The van der Waals surface area contributed by atoms with Gasteiger partial charge in [0.25, 0.3) is 0 Å². The number of aromatic nitrogens is 1. The lowest BCUT2D eigenvalue weighted by Crippen LogP contribution is -2.52. The second kappa shape index (κ2) is 9.42. The Morgan fingerprint density at radius 2 is 1.78 bits per heavy atom. The average molecular weight is 438 g/mol. The zero-order chi connectivity index (χ0) is 22.6. The number of H-pyrrole nitrogens is 1. The molecule has 1 fully saturated rings. The van der Waals surface area contributed by atoms with Crippen molar-refractivity contribution in [2.24, 2.45) is 0 Å². The first-order valence-corrected chi connectivity index (χ1v) is 11.1. The van der Waals surface area contributed by atoms with Crippen LogP contribution in [0.4, 0.5) is 14.9 Å². The Labute approximate surface area is 186 Å². The van der Waals surface area contributed by atoms with E-state index in [-0.39, 0.29) is 24.2 Å². The van der Waals surface area contributed by atoms with E-state index >= 15 is 0 Å². The number of carbonyl (C=O) groups is 2. The fourth-order valence-corrected chi connectivity index (χ4v) is 4.55. The van der Waals surface area contributed by atoms with E-state index < -0.39 is 5.54 Å². The van der Waals surface area contributed by atoms with Crippen LogP contribution in [0.25, 0.3) is 22.2 Å². The van der Waals surface area contributed by atoms with Gasteiger partial charge in [-0.15, -0.1) is 0 Å². The maximum atomic E-state index is 13.5. The predicted molar refractivity (Wildman–Crippen MR) is 123 cm³/mol. The molecule has 1 heterocycles. The molecular formula is C25H28FN3O3. The van der Waals surface area contributed by atoms with Crippen molar-refractivity contribution in [3.05, 3.63) is 54.3 Å². The molecule has 7 heteroatoms. The Bertz CT molecular complexity index is 1100. The van der Waals surface area contributed by atoms with Crippen molar-refractivity contribution < 1.29 is 18.7 Å². The van der Waals surface area contributed by atoms with Gasteiger partial charge in [0.05, 0.1) is 29.9 Å². The van der Waals surface area contributed by atoms with Crippen molar-refractivity contribution in [2.45, 2.75) is 51.0 Å². The summed E-state index contributed by atoms with van der Waals surface area (Å²) in [6, 6.07) is 13.4. The molecule has 0 atom stereocenters. The van der Waals surface area contributed by atoms with Gasteiger partial charge >= 0.3 is 12.0 Å². The van der Waals surface area contributed by atoms with Gasteiger partial charge in [0.2, 0.25) is 0 Å². The Morgan fingerprint density at radius 1 is 1.06 bits per heavy atom. The monoisotopic (exact) mass is 437 g/mol. The summed E-state index contributed by atoms with van der Waals surface area (Å²) in [6.45, 7) is 2.09. The van der Waals surface area contributed by atoms with E-state index in [0.29, 0.717) is 18.0 Å². The highest BCUT2D eigenvalue weighted by molar-refractivity contribution is 6.07. The number of anilines is 1. The molecule has 0 unspecified atom stereocenters. The molecule has 32 heavy (non-hydrogen) atoms. The standard InChI is InChI=1S/C25H28FN3O3/c1-2-32-21(30)16-25(14-6-3-7-15-25)29-24(31)28-23-19-8-4-5-9-20(19)27-22(23)17-10-12-18(26)13-11-17/h4-5,8-13,27H,2-3,6-7,14-16H2,1H3,(H2,28,29,31). The lowest BCUT2D eigenvalue weighted by Gasteiger charge is -2.37. The maximum Gasteiger partial charge on any atom is 0.319 e. The SMILES string of the molecule is CCOC(=O)CC1(NC(=O)Nc2c(-c3ccc(F)cc3)[nH]c3ccccc23)CCCCC1. The number of rotatable bonds is 6. The second-order valence-corrected chi connectivity index (χ2v) is 8.33. The van der Waals surface area contributed by atoms with Crippen LogP contribution in [0.15, 0.2) is 48.5 Å². The minimum atomic E-state index is -0.614. The zero-order valence-corrected chi connectivity index (χ0v) is 18.2. The second-order valence-electron chi connectivity index (χ2n) is 8.33. The largest absolute Gasteiger partial charge is 0.466 e. The molecule has 0 aliphatic heterocycles. The number of aromatic amines is 1. The van der Waals surface area contributed by atoms with Gasteiger partial charge in [-0.3, -0.25) is 4.79 Å². The Kier molecular flexibility index (Phi) is 6.44. The summed E-state index contributed by atoms with van der Waals surface area (Å²) in [5, 5.41) is 6.94. The van der Waals surface area contributed by atoms with Crippen molar-refractivity contribution in [1.29, 1.82) is 0 Å². The minimum absolute atomic E-state index is 0.160. The number of halogens is 1. The van der Waals surface area contributed by atoms with E-state index in [9.17, 15) is 14.0 Å². The number of amides is 2. The molecule has 1 aromatic heterocycles. The van der Waals surface area contributed by atoms with Gasteiger partial charge in [-0.2, -0.15) is 0 Å². The van der Waals surface area contributed by atoms with Crippen LogP contribution in [-0.2, 0) is 9.53 Å². The molecule has 0 radical (unpaired) electrons. The highest BCUT2D eigenvalue weighted by Gasteiger charge is 2.36. The lowest BCUT2D eigenvalue weighted by atomic mass is 9.79. The van der Waals surface area contributed by atoms with Gasteiger partial charge in [0.1, 0.15) is 5.82 Å². The zero-order valence-electron chi connectivity index (χ0n) is 18.2. The average Bonchev–Trinajstić information content (AvgIpc) is 3.13. The summed E-state index contributed by atoms with van der Waals surface area (Å²) in [5.41, 5.74) is 2.32. The van der Waals surface area contributed by atoms with Crippen LogP contribution in [-0.4, -0.2) is 29.1 Å². The number of fused-ring (bicyclic) bond motifs is 1. The fourth-order valence-electron chi connectivity index (χ4n) is 4.55. The Morgan fingerprint density at radius 3 is 2.50 bits per heavy atom. The normalized spacial score (nSPS) is 15.3. The minimum Gasteiger partial charge on any atom is -0.466 e. The number of urea groups is 1. The van der Waals surface area contributed by atoms with E-state index in [1.807, 2.05) is 24.3 Å². The van der Waals surface area contributed by atoms with Crippen molar-refractivity contribution in [3.8, 4) is 11.3 Å². The summed E-state index contributed by atoms with van der Waals surface area (Å²) >= 11 is 0. The van der Waals surface area contributed by atoms with Gasteiger partial charge in [-0.25, -0.2) is 9.18 Å². The van der Waals surface area contributed by atoms with Crippen molar-refractivity contribution in [3.63, 3.8) is 0 Å². The number of benzene rings is 2. The van der Waals surface area contributed by atoms with Crippen LogP contribution in [0.2, 0.25) is 0 Å². The molecule has 6 nitrogen and oxygen atoms in total. The molecule has 3 aromatic rings. The van der Waals surface area contributed by atoms with Crippen molar-refractivity contribution in [2.75, 3.05) is 11.9 Å². The summed E-state index contributed by atoms with van der Waals surface area (Å²) in [6.07, 6.45) is 4.62. The van der Waals surface area contributed by atoms with Crippen LogP contribution in [0.1, 0.15) is 45.4 Å².